The van der Waals surface area contributed by atoms with Crippen molar-refractivity contribution in [2.75, 3.05) is 44.7 Å². The number of rotatable bonds is 5. The molecule has 0 saturated carbocycles. The minimum absolute atomic E-state index is 0.337. The van der Waals surface area contributed by atoms with Gasteiger partial charge in [0.2, 0.25) is 0 Å². The average Bonchev–Trinajstić information content (AvgIpc) is 2.60. The van der Waals surface area contributed by atoms with Crippen LogP contribution in [-0.4, -0.2) is 61.8 Å². The maximum Gasteiger partial charge on any atom is 0.279 e. The molecule has 1 aromatic heterocycles. The van der Waals surface area contributed by atoms with Gasteiger partial charge in [-0.05, 0) is 19.1 Å². The average molecular weight is 335 g/mol. The molecule has 3 N–H and O–H groups in total. The highest BCUT2D eigenvalue weighted by molar-refractivity contribution is 6.15. The van der Waals surface area contributed by atoms with Gasteiger partial charge >= 0.3 is 0 Å². The first-order valence-corrected chi connectivity index (χ1v) is 8.25. The van der Waals surface area contributed by atoms with E-state index in [9.17, 15) is 9.59 Å². The van der Waals surface area contributed by atoms with Gasteiger partial charge in [0.1, 0.15) is 13.1 Å². The highest BCUT2D eigenvalue weighted by atomic mass is 16.5. The summed E-state index contributed by atoms with van der Waals surface area (Å²) in [6.45, 7) is 6.54. The van der Waals surface area contributed by atoms with Crippen LogP contribution in [0.1, 0.15) is 13.3 Å². The number of hydrogen-bond acceptors (Lipinski definition) is 5. The molecule has 0 aromatic carbocycles. The van der Waals surface area contributed by atoms with Gasteiger partial charge in [-0.25, -0.2) is 4.98 Å². The van der Waals surface area contributed by atoms with Crippen molar-refractivity contribution in [2.24, 2.45) is 0 Å². The molecule has 2 aliphatic rings. The second kappa shape index (κ2) is 7.14. The summed E-state index contributed by atoms with van der Waals surface area (Å²) in [7, 11) is 0. The Morgan fingerprint density at radius 2 is 2.25 bits per heavy atom. The van der Waals surface area contributed by atoms with Crippen LogP contribution in [-0.2, 0) is 14.3 Å². The number of ether oxygens (including phenoxy) is 2. The molecule has 0 spiro atoms. The third-order valence-electron chi connectivity index (χ3n) is 4.38. The number of aromatic nitrogens is 1. The molecule has 1 aromatic rings. The molecule has 1 atom stereocenters. The summed E-state index contributed by atoms with van der Waals surface area (Å²) in [5, 5.41) is 5.42. The summed E-state index contributed by atoms with van der Waals surface area (Å²) in [5.41, 5.74) is -1.58. The van der Waals surface area contributed by atoms with Crippen molar-refractivity contribution in [2.45, 2.75) is 18.9 Å². The molecule has 2 aliphatic heterocycles. The van der Waals surface area contributed by atoms with Gasteiger partial charge in [-0.2, -0.15) is 0 Å². The SMILES string of the molecule is C[C@]1(C(=O)NCCC[NH+]2CCOCC2)Oc2cccnc2NC1=O. The van der Waals surface area contributed by atoms with E-state index in [1.165, 1.54) is 11.8 Å². The maximum atomic E-state index is 12.4. The lowest BCUT2D eigenvalue weighted by atomic mass is 10.0. The Balaban J connectivity index is 1.51. The van der Waals surface area contributed by atoms with E-state index in [1.807, 2.05) is 0 Å². The predicted octanol–water partition coefficient (Wildman–Crippen LogP) is -1.41. The number of anilines is 1. The number of quaternary nitrogens is 1. The van der Waals surface area contributed by atoms with Gasteiger partial charge in [-0.1, -0.05) is 0 Å². The highest BCUT2D eigenvalue weighted by Crippen LogP contribution is 2.31. The summed E-state index contributed by atoms with van der Waals surface area (Å²) >= 11 is 0. The molecule has 1 fully saturated rings. The zero-order valence-electron chi connectivity index (χ0n) is 13.8. The minimum Gasteiger partial charge on any atom is -0.464 e. The van der Waals surface area contributed by atoms with Crippen LogP contribution in [0.3, 0.4) is 0 Å². The number of hydrogen-bond donors (Lipinski definition) is 3. The van der Waals surface area contributed by atoms with E-state index in [4.69, 9.17) is 9.47 Å². The smallest absolute Gasteiger partial charge is 0.279 e. The number of carbonyl (C=O) groups excluding carboxylic acids is 2. The molecule has 2 amide bonds. The van der Waals surface area contributed by atoms with E-state index < -0.39 is 17.4 Å². The first-order chi connectivity index (χ1) is 11.6. The molecular weight excluding hydrogens is 312 g/mol. The Morgan fingerprint density at radius 1 is 1.46 bits per heavy atom. The van der Waals surface area contributed by atoms with Crippen LogP contribution in [0.4, 0.5) is 5.82 Å². The minimum atomic E-state index is -1.58. The van der Waals surface area contributed by atoms with E-state index in [1.54, 1.807) is 18.3 Å². The normalized spacial score (nSPS) is 23.8. The summed E-state index contributed by atoms with van der Waals surface area (Å²) in [6.07, 6.45) is 2.40. The molecule has 3 heterocycles. The first kappa shape index (κ1) is 16.7. The van der Waals surface area contributed by atoms with Crippen LogP contribution >= 0.6 is 0 Å². The van der Waals surface area contributed by atoms with Gasteiger partial charge in [0, 0.05) is 19.2 Å². The molecule has 130 valence electrons. The fraction of sp³-hybridized carbons (Fsp3) is 0.562. The number of pyridine rings is 1. The summed E-state index contributed by atoms with van der Waals surface area (Å²) < 4.78 is 11.0. The highest BCUT2D eigenvalue weighted by Gasteiger charge is 2.47. The zero-order chi connectivity index (χ0) is 17.0. The third kappa shape index (κ3) is 3.49. The zero-order valence-corrected chi connectivity index (χ0v) is 13.8. The summed E-state index contributed by atoms with van der Waals surface area (Å²) in [6, 6.07) is 3.37. The largest absolute Gasteiger partial charge is 0.464 e. The molecular formula is C16H23N4O4+. The maximum absolute atomic E-state index is 12.4. The third-order valence-corrected chi connectivity index (χ3v) is 4.38. The summed E-state index contributed by atoms with van der Waals surface area (Å²) in [5.74, 6) is -0.215. The fourth-order valence-corrected chi connectivity index (χ4v) is 2.83. The molecule has 0 bridgehead atoms. The predicted molar refractivity (Wildman–Crippen MR) is 85.9 cm³/mol. The Bertz CT molecular complexity index is 618. The van der Waals surface area contributed by atoms with Crippen LogP contribution < -0.4 is 20.3 Å². The van der Waals surface area contributed by atoms with Gasteiger partial charge in [-0.15, -0.1) is 0 Å². The van der Waals surface area contributed by atoms with Crippen LogP contribution in [0.2, 0.25) is 0 Å². The van der Waals surface area contributed by atoms with Gasteiger partial charge < -0.3 is 25.0 Å². The second-order valence-electron chi connectivity index (χ2n) is 6.16. The van der Waals surface area contributed by atoms with Crippen LogP contribution in [0.15, 0.2) is 18.3 Å². The molecule has 0 radical (unpaired) electrons. The van der Waals surface area contributed by atoms with Crippen molar-refractivity contribution in [3.05, 3.63) is 18.3 Å². The van der Waals surface area contributed by atoms with E-state index >= 15 is 0 Å². The monoisotopic (exact) mass is 335 g/mol. The molecule has 24 heavy (non-hydrogen) atoms. The standard InChI is InChI=1S/C16H22N4O4/c1-16(15(22)19-13-12(24-16)4-2-5-17-13)14(21)18-6-3-7-20-8-10-23-11-9-20/h2,4-5H,3,6-11H2,1H3,(H,18,21)(H,17,19,22)/p+1/t16-/m1/s1. The topological polar surface area (TPSA) is 94.0 Å². The van der Waals surface area contributed by atoms with E-state index in [2.05, 4.69) is 15.6 Å². The summed E-state index contributed by atoms with van der Waals surface area (Å²) in [4.78, 5) is 30.2. The van der Waals surface area contributed by atoms with Crippen LogP contribution in [0.5, 0.6) is 5.75 Å². The lowest BCUT2D eigenvalue weighted by molar-refractivity contribution is -0.908. The molecule has 1 saturated heterocycles. The van der Waals surface area contributed by atoms with E-state index in [-0.39, 0.29) is 0 Å². The molecule has 3 rings (SSSR count). The molecule has 8 nitrogen and oxygen atoms in total. The molecule has 0 unspecified atom stereocenters. The number of carbonyl (C=O) groups is 2. The lowest BCUT2D eigenvalue weighted by Crippen LogP contribution is -3.14. The Labute approximate surface area is 140 Å². The molecule has 8 heteroatoms. The number of nitrogens with one attached hydrogen (secondary N) is 3. The Hall–Kier alpha value is -2.19. The number of morpholine rings is 1. The van der Waals surface area contributed by atoms with Gasteiger partial charge in [0.05, 0.1) is 19.8 Å². The van der Waals surface area contributed by atoms with E-state index in [0.29, 0.717) is 18.1 Å². The van der Waals surface area contributed by atoms with Crippen molar-refractivity contribution in [1.82, 2.24) is 10.3 Å². The molecule has 0 aliphatic carbocycles. The number of amides is 2. The van der Waals surface area contributed by atoms with Crippen molar-refractivity contribution in [3.8, 4) is 5.75 Å². The second-order valence-corrected chi connectivity index (χ2v) is 6.16. The van der Waals surface area contributed by atoms with Crippen molar-refractivity contribution in [1.29, 1.82) is 0 Å². The van der Waals surface area contributed by atoms with Crippen LogP contribution in [0.25, 0.3) is 0 Å². The van der Waals surface area contributed by atoms with Gasteiger partial charge in [0.25, 0.3) is 17.4 Å². The Morgan fingerprint density at radius 3 is 3.04 bits per heavy atom. The van der Waals surface area contributed by atoms with Crippen molar-refractivity contribution >= 4 is 17.6 Å². The Kier molecular flexibility index (Phi) is 4.96. The van der Waals surface area contributed by atoms with Crippen molar-refractivity contribution in [3.63, 3.8) is 0 Å². The van der Waals surface area contributed by atoms with Crippen molar-refractivity contribution < 1.29 is 24.0 Å². The number of nitrogens with zero attached hydrogens (tertiary/aromatic N) is 1. The van der Waals surface area contributed by atoms with E-state index in [0.717, 1.165) is 39.3 Å². The van der Waals surface area contributed by atoms with Gasteiger partial charge in [0.15, 0.2) is 11.6 Å². The quantitative estimate of drug-likeness (QED) is 0.454. The first-order valence-electron chi connectivity index (χ1n) is 8.25. The number of fused-ring (bicyclic) bond motifs is 1. The lowest BCUT2D eigenvalue weighted by Gasteiger charge is -2.32. The van der Waals surface area contributed by atoms with Crippen LogP contribution in [0, 0.1) is 0 Å². The van der Waals surface area contributed by atoms with Gasteiger partial charge in [-0.3, -0.25) is 9.59 Å². The fourth-order valence-electron chi connectivity index (χ4n) is 2.83.